The standard InChI is InChI=1S/C24H22ClF3N2O4S/c1-13(21(31)30-20-11-6-14(25)12-19(20)24(26,27)28)35-16-9-7-15(8-10-16)29-22(32)17-4-2-3-5-18(17)23(33)34/h2-3,6-13,17-18H,4-5H2,1H3,(H,29,32)(H,30,31)(H,33,34). The molecule has 0 fully saturated rings. The molecule has 186 valence electrons. The van der Waals surface area contributed by atoms with Gasteiger partial charge in [0.1, 0.15) is 0 Å². The van der Waals surface area contributed by atoms with Gasteiger partial charge in [-0.15, -0.1) is 11.8 Å². The molecule has 2 aromatic rings. The van der Waals surface area contributed by atoms with Crippen molar-refractivity contribution in [2.24, 2.45) is 11.8 Å². The molecule has 11 heteroatoms. The normalized spacial score (nSPS) is 18.5. The van der Waals surface area contributed by atoms with Gasteiger partial charge in [0.15, 0.2) is 0 Å². The van der Waals surface area contributed by atoms with Crippen LogP contribution in [0, 0.1) is 11.8 Å². The van der Waals surface area contributed by atoms with Crippen molar-refractivity contribution < 1.29 is 32.7 Å². The van der Waals surface area contributed by atoms with Gasteiger partial charge in [0.2, 0.25) is 11.8 Å². The van der Waals surface area contributed by atoms with E-state index >= 15 is 0 Å². The molecule has 3 N–H and O–H groups in total. The lowest BCUT2D eigenvalue weighted by molar-refractivity contribution is -0.146. The van der Waals surface area contributed by atoms with E-state index in [4.69, 9.17) is 11.6 Å². The number of aliphatic carboxylic acids is 1. The zero-order valence-electron chi connectivity index (χ0n) is 18.4. The molecule has 1 aliphatic rings. The Bertz CT molecular complexity index is 1140. The Hall–Kier alpha value is -2.98. The molecule has 2 amide bonds. The van der Waals surface area contributed by atoms with Crippen molar-refractivity contribution in [3.8, 4) is 0 Å². The summed E-state index contributed by atoms with van der Waals surface area (Å²) in [5.74, 6) is -3.49. The smallest absolute Gasteiger partial charge is 0.418 e. The molecular formula is C24H22ClF3N2O4S. The number of thioether (sulfide) groups is 1. The minimum atomic E-state index is -4.68. The second-order valence-electron chi connectivity index (χ2n) is 7.94. The number of nitrogens with one attached hydrogen (secondary N) is 2. The number of carbonyl (C=O) groups is 3. The van der Waals surface area contributed by atoms with Crippen LogP contribution in [0.5, 0.6) is 0 Å². The first-order chi connectivity index (χ1) is 16.5. The van der Waals surface area contributed by atoms with Crippen molar-refractivity contribution in [2.75, 3.05) is 10.6 Å². The van der Waals surface area contributed by atoms with Crippen LogP contribution in [0.1, 0.15) is 25.3 Å². The van der Waals surface area contributed by atoms with Crippen molar-refractivity contribution in [3.05, 3.63) is 65.2 Å². The van der Waals surface area contributed by atoms with Crippen LogP contribution in [0.3, 0.4) is 0 Å². The second kappa shape index (κ2) is 11.2. The van der Waals surface area contributed by atoms with E-state index in [1.807, 2.05) is 0 Å². The van der Waals surface area contributed by atoms with Crippen LogP contribution >= 0.6 is 23.4 Å². The number of carboxylic acid groups (broad SMARTS) is 1. The van der Waals surface area contributed by atoms with Crippen LogP contribution < -0.4 is 10.6 Å². The highest BCUT2D eigenvalue weighted by atomic mass is 35.5. The van der Waals surface area contributed by atoms with Crippen LogP contribution in [0.15, 0.2) is 59.5 Å². The van der Waals surface area contributed by atoms with Gasteiger partial charge in [-0.1, -0.05) is 23.8 Å². The van der Waals surface area contributed by atoms with Gasteiger partial charge in [-0.25, -0.2) is 0 Å². The molecule has 0 radical (unpaired) electrons. The molecule has 0 aliphatic heterocycles. The molecule has 0 bridgehead atoms. The van der Waals surface area contributed by atoms with Gasteiger partial charge < -0.3 is 15.7 Å². The van der Waals surface area contributed by atoms with Crippen LogP contribution in [-0.2, 0) is 20.6 Å². The Morgan fingerprint density at radius 3 is 2.26 bits per heavy atom. The molecule has 35 heavy (non-hydrogen) atoms. The Morgan fingerprint density at radius 1 is 1.03 bits per heavy atom. The Balaban J connectivity index is 1.61. The molecule has 0 heterocycles. The van der Waals surface area contributed by atoms with E-state index in [-0.39, 0.29) is 10.7 Å². The molecular weight excluding hydrogens is 505 g/mol. The van der Waals surface area contributed by atoms with Gasteiger partial charge in [0.25, 0.3) is 0 Å². The van der Waals surface area contributed by atoms with E-state index in [0.29, 0.717) is 23.4 Å². The van der Waals surface area contributed by atoms with Crippen molar-refractivity contribution >= 4 is 52.5 Å². The van der Waals surface area contributed by atoms with E-state index < -0.39 is 46.6 Å². The molecule has 3 unspecified atom stereocenters. The zero-order chi connectivity index (χ0) is 25.8. The average molecular weight is 527 g/mol. The fourth-order valence-electron chi connectivity index (χ4n) is 3.58. The minimum absolute atomic E-state index is 0.0941. The number of allylic oxidation sites excluding steroid dienone is 2. The number of carbonyl (C=O) groups excluding carboxylic acids is 2. The largest absolute Gasteiger partial charge is 0.481 e. The van der Waals surface area contributed by atoms with Crippen molar-refractivity contribution in [1.82, 2.24) is 0 Å². The zero-order valence-corrected chi connectivity index (χ0v) is 20.0. The summed E-state index contributed by atoms with van der Waals surface area (Å²) in [6.07, 6.45) is -0.501. The monoisotopic (exact) mass is 526 g/mol. The highest BCUT2D eigenvalue weighted by molar-refractivity contribution is 8.00. The third-order valence-electron chi connectivity index (χ3n) is 5.44. The van der Waals surface area contributed by atoms with Crippen molar-refractivity contribution in [1.29, 1.82) is 0 Å². The molecule has 0 saturated heterocycles. The number of anilines is 2. The maximum atomic E-state index is 13.3. The summed E-state index contributed by atoms with van der Waals surface area (Å²) in [7, 11) is 0. The van der Waals surface area contributed by atoms with E-state index in [0.717, 1.165) is 23.9 Å². The molecule has 3 rings (SSSR count). The maximum absolute atomic E-state index is 13.3. The number of hydrogen-bond acceptors (Lipinski definition) is 4. The number of alkyl halides is 3. The van der Waals surface area contributed by atoms with Crippen molar-refractivity contribution in [3.63, 3.8) is 0 Å². The molecule has 2 aromatic carbocycles. The summed E-state index contributed by atoms with van der Waals surface area (Å²) >= 11 is 6.79. The third-order valence-corrected chi connectivity index (χ3v) is 6.78. The van der Waals surface area contributed by atoms with E-state index in [2.05, 4.69) is 10.6 Å². The highest BCUT2D eigenvalue weighted by Crippen LogP contribution is 2.37. The predicted octanol–water partition coefficient (Wildman–Crippen LogP) is 6.08. The van der Waals surface area contributed by atoms with Crippen LogP contribution in [0.25, 0.3) is 0 Å². The fourth-order valence-corrected chi connectivity index (χ4v) is 4.62. The number of benzene rings is 2. The molecule has 0 spiro atoms. The first-order valence-corrected chi connectivity index (χ1v) is 11.8. The lowest BCUT2D eigenvalue weighted by Crippen LogP contribution is -2.34. The van der Waals surface area contributed by atoms with Gasteiger partial charge >= 0.3 is 12.1 Å². The lowest BCUT2D eigenvalue weighted by Gasteiger charge is -2.24. The lowest BCUT2D eigenvalue weighted by atomic mass is 9.82. The van der Waals surface area contributed by atoms with Gasteiger partial charge in [0.05, 0.1) is 28.3 Å². The molecule has 3 atom stereocenters. The number of amides is 2. The number of hydrogen-bond donors (Lipinski definition) is 3. The second-order valence-corrected chi connectivity index (χ2v) is 9.80. The molecule has 1 aliphatic carbocycles. The Labute approximate surface area is 208 Å². The summed E-state index contributed by atoms with van der Waals surface area (Å²) in [4.78, 5) is 37.1. The predicted molar refractivity (Wildman–Crippen MR) is 128 cm³/mol. The van der Waals surface area contributed by atoms with E-state index in [1.54, 1.807) is 43.3 Å². The first kappa shape index (κ1) is 26.6. The number of carboxylic acids is 1. The summed E-state index contributed by atoms with van der Waals surface area (Å²) in [5.41, 5.74) is -0.949. The maximum Gasteiger partial charge on any atom is 0.418 e. The van der Waals surface area contributed by atoms with E-state index in [9.17, 15) is 32.7 Å². The third kappa shape index (κ3) is 7.02. The van der Waals surface area contributed by atoms with Gasteiger partial charge in [-0.05, 0) is 62.2 Å². The quantitative estimate of drug-likeness (QED) is 0.300. The van der Waals surface area contributed by atoms with E-state index in [1.165, 1.54) is 6.07 Å². The van der Waals surface area contributed by atoms with Gasteiger partial charge in [0, 0.05) is 15.6 Å². The summed E-state index contributed by atoms with van der Waals surface area (Å²) in [6.45, 7) is 1.56. The van der Waals surface area contributed by atoms with Crippen LogP contribution in [0.4, 0.5) is 24.5 Å². The Morgan fingerprint density at radius 2 is 1.66 bits per heavy atom. The van der Waals surface area contributed by atoms with Crippen molar-refractivity contribution in [2.45, 2.75) is 36.1 Å². The molecule has 0 saturated carbocycles. The fraction of sp³-hybridized carbons (Fsp3) is 0.292. The van der Waals surface area contributed by atoms with Crippen LogP contribution in [0.2, 0.25) is 5.02 Å². The van der Waals surface area contributed by atoms with Gasteiger partial charge in [-0.3, -0.25) is 14.4 Å². The molecule has 6 nitrogen and oxygen atoms in total. The first-order valence-electron chi connectivity index (χ1n) is 10.6. The minimum Gasteiger partial charge on any atom is -0.481 e. The van der Waals surface area contributed by atoms with Crippen LogP contribution in [-0.4, -0.2) is 28.1 Å². The molecule has 0 aromatic heterocycles. The number of halogens is 4. The summed E-state index contributed by atoms with van der Waals surface area (Å²) in [5, 5.41) is 13.5. The Kier molecular flexibility index (Phi) is 8.50. The SMILES string of the molecule is CC(Sc1ccc(NC(=O)C2CC=CCC2C(=O)O)cc1)C(=O)Nc1ccc(Cl)cc1C(F)(F)F. The highest BCUT2D eigenvalue weighted by Gasteiger charge is 2.35. The van der Waals surface area contributed by atoms with Gasteiger partial charge in [-0.2, -0.15) is 13.2 Å². The average Bonchev–Trinajstić information content (AvgIpc) is 2.80. The number of rotatable bonds is 7. The summed E-state index contributed by atoms with van der Waals surface area (Å²) in [6, 6.07) is 9.66. The topological polar surface area (TPSA) is 95.5 Å². The summed E-state index contributed by atoms with van der Waals surface area (Å²) < 4.78 is 39.8.